The lowest BCUT2D eigenvalue weighted by atomic mass is 10.1. The van der Waals surface area contributed by atoms with Crippen molar-refractivity contribution in [2.24, 2.45) is 12.8 Å². The van der Waals surface area contributed by atoms with Crippen molar-refractivity contribution in [3.8, 4) is 0 Å². The molecule has 2 aromatic heterocycles. The summed E-state index contributed by atoms with van der Waals surface area (Å²) in [4.78, 5) is 0. The van der Waals surface area contributed by atoms with Crippen LogP contribution >= 0.6 is 0 Å². The summed E-state index contributed by atoms with van der Waals surface area (Å²) in [7, 11) is 1.95. The highest BCUT2D eigenvalue weighted by Crippen LogP contribution is 2.13. The van der Waals surface area contributed by atoms with Crippen LogP contribution < -0.4 is 5.73 Å². The van der Waals surface area contributed by atoms with E-state index in [0.717, 1.165) is 36.3 Å². The SMILES string of the molecule is CCCC(N)c1cn(Cc2cc(CC)nn2C)nn1. The Morgan fingerprint density at radius 3 is 2.79 bits per heavy atom. The fourth-order valence-electron chi connectivity index (χ4n) is 2.08. The molecular weight excluding hydrogens is 240 g/mol. The Morgan fingerprint density at radius 2 is 2.16 bits per heavy atom. The summed E-state index contributed by atoms with van der Waals surface area (Å²) in [5.41, 5.74) is 9.12. The molecule has 0 aliphatic heterocycles. The van der Waals surface area contributed by atoms with Crippen LogP contribution in [0, 0.1) is 0 Å². The van der Waals surface area contributed by atoms with Crippen LogP contribution in [0.4, 0.5) is 0 Å². The minimum atomic E-state index is -0.0171. The predicted octanol–water partition coefficient (Wildman–Crippen LogP) is 1.42. The lowest BCUT2D eigenvalue weighted by molar-refractivity contribution is 0.597. The maximum Gasteiger partial charge on any atom is 0.0994 e. The van der Waals surface area contributed by atoms with Crippen LogP contribution in [-0.2, 0) is 20.0 Å². The van der Waals surface area contributed by atoms with Crippen LogP contribution in [0.25, 0.3) is 0 Å². The van der Waals surface area contributed by atoms with Gasteiger partial charge in [-0.1, -0.05) is 25.5 Å². The molecule has 1 atom stereocenters. The van der Waals surface area contributed by atoms with Crippen LogP contribution in [0.2, 0.25) is 0 Å². The molecule has 1 unspecified atom stereocenters. The smallest absolute Gasteiger partial charge is 0.0994 e. The summed E-state index contributed by atoms with van der Waals surface area (Å²) in [6.45, 7) is 4.89. The largest absolute Gasteiger partial charge is 0.323 e. The summed E-state index contributed by atoms with van der Waals surface area (Å²) < 4.78 is 3.72. The van der Waals surface area contributed by atoms with E-state index in [1.807, 2.05) is 22.6 Å². The number of hydrogen-bond acceptors (Lipinski definition) is 4. The van der Waals surface area contributed by atoms with Gasteiger partial charge in [-0.25, -0.2) is 4.68 Å². The summed E-state index contributed by atoms with van der Waals surface area (Å²) in [5.74, 6) is 0. The van der Waals surface area contributed by atoms with E-state index in [1.54, 1.807) is 0 Å². The second-order valence-electron chi connectivity index (χ2n) is 4.84. The molecule has 2 aromatic rings. The van der Waals surface area contributed by atoms with Crippen LogP contribution in [0.5, 0.6) is 0 Å². The summed E-state index contributed by atoms with van der Waals surface area (Å²) in [6, 6.07) is 2.09. The molecule has 0 aliphatic rings. The van der Waals surface area contributed by atoms with E-state index < -0.39 is 0 Å². The molecule has 0 aromatic carbocycles. The van der Waals surface area contributed by atoms with Gasteiger partial charge in [-0.2, -0.15) is 5.10 Å². The predicted molar refractivity (Wildman–Crippen MR) is 73.5 cm³/mol. The van der Waals surface area contributed by atoms with Gasteiger partial charge in [0, 0.05) is 7.05 Å². The van der Waals surface area contributed by atoms with Crippen molar-refractivity contribution < 1.29 is 0 Å². The van der Waals surface area contributed by atoms with Crippen molar-refractivity contribution in [3.05, 3.63) is 29.3 Å². The molecule has 0 spiro atoms. The van der Waals surface area contributed by atoms with Gasteiger partial charge in [-0.05, 0) is 18.9 Å². The molecule has 19 heavy (non-hydrogen) atoms. The fraction of sp³-hybridized carbons (Fsp3) is 0.615. The molecule has 104 valence electrons. The van der Waals surface area contributed by atoms with Gasteiger partial charge in [0.1, 0.15) is 0 Å². The molecule has 2 N–H and O–H groups in total. The Hall–Kier alpha value is -1.69. The van der Waals surface area contributed by atoms with Gasteiger partial charge in [-0.15, -0.1) is 5.10 Å². The van der Waals surface area contributed by atoms with Crippen molar-refractivity contribution in [1.82, 2.24) is 24.8 Å². The molecule has 0 saturated carbocycles. The molecule has 0 amide bonds. The maximum atomic E-state index is 6.03. The molecule has 0 aliphatic carbocycles. The Labute approximate surface area is 113 Å². The quantitative estimate of drug-likeness (QED) is 0.854. The average Bonchev–Trinajstić information content (AvgIpc) is 2.98. The number of nitrogens with two attached hydrogens (primary N) is 1. The van der Waals surface area contributed by atoms with Crippen molar-refractivity contribution in [1.29, 1.82) is 0 Å². The van der Waals surface area contributed by atoms with Crippen LogP contribution in [0.3, 0.4) is 0 Å². The Balaban J connectivity index is 2.08. The first-order valence-electron chi connectivity index (χ1n) is 6.81. The first kappa shape index (κ1) is 13.7. The lowest BCUT2D eigenvalue weighted by Gasteiger charge is -2.04. The third-order valence-electron chi connectivity index (χ3n) is 3.25. The van der Waals surface area contributed by atoms with E-state index in [4.69, 9.17) is 5.73 Å². The molecule has 6 heteroatoms. The average molecular weight is 262 g/mol. The minimum absolute atomic E-state index is 0.0171. The topological polar surface area (TPSA) is 74.6 Å². The van der Waals surface area contributed by atoms with Gasteiger partial charge >= 0.3 is 0 Å². The zero-order chi connectivity index (χ0) is 13.8. The monoisotopic (exact) mass is 262 g/mol. The second-order valence-corrected chi connectivity index (χ2v) is 4.84. The van der Waals surface area contributed by atoms with E-state index in [9.17, 15) is 0 Å². The number of rotatable bonds is 6. The highest BCUT2D eigenvalue weighted by molar-refractivity contribution is 5.11. The molecule has 0 bridgehead atoms. The highest BCUT2D eigenvalue weighted by Gasteiger charge is 2.11. The normalized spacial score (nSPS) is 12.8. The fourth-order valence-corrected chi connectivity index (χ4v) is 2.08. The van der Waals surface area contributed by atoms with E-state index in [1.165, 1.54) is 0 Å². The third-order valence-corrected chi connectivity index (χ3v) is 3.25. The first-order valence-corrected chi connectivity index (χ1v) is 6.81. The zero-order valence-electron chi connectivity index (χ0n) is 11.9. The number of hydrogen-bond donors (Lipinski definition) is 1. The van der Waals surface area contributed by atoms with E-state index in [2.05, 4.69) is 35.3 Å². The molecule has 0 radical (unpaired) electrons. The second kappa shape index (κ2) is 5.97. The molecule has 0 saturated heterocycles. The molecule has 0 fully saturated rings. The first-order chi connectivity index (χ1) is 9.13. The molecular formula is C13H22N6. The van der Waals surface area contributed by atoms with Gasteiger partial charge < -0.3 is 5.73 Å². The van der Waals surface area contributed by atoms with Crippen molar-refractivity contribution in [2.45, 2.75) is 45.7 Å². The van der Waals surface area contributed by atoms with Gasteiger partial charge in [0.05, 0.1) is 35.9 Å². The van der Waals surface area contributed by atoms with Gasteiger partial charge in [-0.3, -0.25) is 4.68 Å². The Morgan fingerprint density at radius 1 is 1.37 bits per heavy atom. The minimum Gasteiger partial charge on any atom is -0.323 e. The number of aryl methyl sites for hydroxylation is 2. The van der Waals surface area contributed by atoms with Crippen LogP contribution in [-0.4, -0.2) is 24.8 Å². The maximum absolute atomic E-state index is 6.03. The Bertz CT molecular complexity index is 527. The molecule has 6 nitrogen and oxygen atoms in total. The van der Waals surface area contributed by atoms with Crippen molar-refractivity contribution in [2.75, 3.05) is 0 Å². The summed E-state index contributed by atoms with van der Waals surface area (Å²) >= 11 is 0. The van der Waals surface area contributed by atoms with E-state index in [0.29, 0.717) is 6.54 Å². The highest BCUT2D eigenvalue weighted by atomic mass is 15.4. The standard InChI is InChI=1S/C13H22N6/c1-4-6-12(14)13-9-19(17-15-13)8-11-7-10(5-2)16-18(11)3/h7,9,12H,4-6,8,14H2,1-3H3. The van der Waals surface area contributed by atoms with Crippen LogP contribution in [0.1, 0.15) is 49.8 Å². The van der Waals surface area contributed by atoms with Crippen LogP contribution in [0.15, 0.2) is 12.3 Å². The van der Waals surface area contributed by atoms with Crippen molar-refractivity contribution in [3.63, 3.8) is 0 Å². The third kappa shape index (κ3) is 3.20. The lowest BCUT2D eigenvalue weighted by Crippen LogP contribution is -2.10. The molecule has 2 heterocycles. The van der Waals surface area contributed by atoms with Crippen molar-refractivity contribution >= 4 is 0 Å². The number of aromatic nitrogens is 5. The Kier molecular flexibility index (Phi) is 4.31. The van der Waals surface area contributed by atoms with E-state index >= 15 is 0 Å². The van der Waals surface area contributed by atoms with Gasteiger partial charge in [0.15, 0.2) is 0 Å². The van der Waals surface area contributed by atoms with E-state index in [-0.39, 0.29) is 6.04 Å². The summed E-state index contributed by atoms with van der Waals surface area (Å²) in [5, 5.41) is 12.7. The van der Waals surface area contributed by atoms with Gasteiger partial charge in [0.25, 0.3) is 0 Å². The van der Waals surface area contributed by atoms with Gasteiger partial charge in [0.2, 0.25) is 0 Å². The summed E-state index contributed by atoms with van der Waals surface area (Å²) in [6.07, 6.45) is 4.86. The molecule has 2 rings (SSSR count). The number of nitrogens with zero attached hydrogens (tertiary/aromatic N) is 5. The zero-order valence-corrected chi connectivity index (χ0v) is 11.9.